The Morgan fingerprint density at radius 1 is 1.16 bits per heavy atom. The van der Waals surface area contributed by atoms with Crippen LogP contribution < -0.4 is 10.9 Å². The lowest BCUT2D eigenvalue weighted by atomic mass is 10.1. The number of hydrogen-bond acceptors (Lipinski definition) is 10. The van der Waals surface area contributed by atoms with Crippen molar-refractivity contribution in [3.8, 4) is 17.5 Å². The fourth-order valence-electron chi connectivity index (χ4n) is 4.38. The minimum absolute atomic E-state index is 0.126. The molecule has 10 nitrogen and oxygen atoms in total. The van der Waals surface area contributed by atoms with Crippen molar-refractivity contribution < 1.29 is 0 Å². The molecule has 0 saturated heterocycles. The highest BCUT2D eigenvalue weighted by molar-refractivity contribution is 7.99. The summed E-state index contributed by atoms with van der Waals surface area (Å²) in [6.45, 7) is 8.12. The Morgan fingerprint density at radius 2 is 1.97 bits per heavy atom. The third kappa shape index (κ3) is 5.09. The van der Waals surface area contributed by atoms with Crippen LogP contribution in [0.1, 0.15) is 62.7 Å². The minimum Gasteiger partial charge on any atom is -0.360 e. The summed E-state index contributed by atoms with van der Waals surface area (Å²) in [5.41, 5.74) is 3.58. The van der Waals surface area contributed by atoms with Gasteiger partial charge in [-0.15, -0.1) is 11.8 Å². The van der Waals surface area contributed by atoms with Gasteiger partial charge in [-0.25, -0.2) is 24.9 Å². The minimum atomic E-state index is -0.740. The summed E-state index contributed by atoms with van der Waals surface area (Å²) in [6.07, 6.45) is 7.13. The van der Waals surface area contributed by atoms with Crippen LogP contribution in [-0.2, 0) is 6.54 Å². The molecule has 4 heterocycles. The average molecular weight is 528 g/mol. The predicted octanol–water partition coefficient (Wildman–Crippen LogP) is 4.67. The standard InChI is InChI=1S/C27H29N9OS/c1-5-38-19-9-8-18(29-12-19)11-30-25-27(37)36(21(10-28)15(2)3)26-20(34-25)13-31-24(35-26)22-16(4)32-14-33-23(22)17-6-7-17/h8-9,12-15,17,21H,5-7,11H2,1-4H3,(H,30,34). The van der Waals surface area contributed by atoms with Crippen LogP contribution in [0.4, 0.5) is 5.82 Å². The van der Waals surface area contributed by atoms with Gasteiger partial charge in [0.15, 0.2) is 17.3 Å². The van der Waals surface area contributed by atoms with Crippen LogP contribution in [0.5, 0.6) is 0 Å². The van der Waals surface area contributed by atoms with Crippen LogP contribution in [0.2, 0.25) is 0 Å². The van der Waals surface area contributed by atoms with E-state index in [2.05, 4.69) is 43.2 Å². The molecule has 1 aliphatic carbocycles. The molecule has 0 aliphatic heterocycles. The molecule has 0 amide bonds. The molecule has 1 unspecified atom stereocenters. The number of rotatable bonds is 9. The summed E-state index contributed by atoms with van der Waals surface area (Å²) < 4.78 is 1.44. The van der Waals surface area contributed by atoms with Crippen LogP contribution in [0.25, 0.3) is 22.6 Å². The third-order valence-electron chi connectivity index (χ3n) is 6.47. The molecule has 1 atom stereocenters. The summed E-state index contributed by atoms with van der Waals surface area (Å²) >= 11 is 1.72. The molecule has 38 heavy (non-hydrogen) atoms. The maximum atomic E-state index is 13.7. The lowest BCUT2D eigenvalue weighted by Crippen LogP contribution is -2.31. The lowest BCUT2D eigenvalue weighted by molar-refractivity contribution is 0.458. The predicted molar refractivity (Wildman–Crippen MR) is 147 cm³/mol. The molecule has 1 fully saturated rings. The molecule has 194 valence electrons. The van der Waals surface area contributed by atoms with Crippen molar-refractivity contribution >= 4 is 28.7 Å². The molecule has 5 rings (SSSR count). The highest BCUT2D eigenvalue weighted by Crippen LogP contribution is 2.43. The van der Waals surface area contributed by atoms with E-state index >= 15 is 0 Å². The molecule has 1 N–H and O–H groups in total. The first-order valence-electron chi connectivity index (χ1n) is 12.7. The summed E-state index contributed by atoms with van der Waals surface area (Å²) in [4.78, 5) is 42.1. The van der Waals surface area contributed by atoms with Gasteiger partial charge in [0, 0.05) is 17.0 Å². The monoisotopic (exact) mass is 527 g/mol. The van der Waals surface area contributed by atoms with E-state index in [1.807, 2.05) is 39.1 Å². The first kappa shape index (κ1) is 25.7. The smallest absolute Gasteiger partial charge is 0.296 e. The van der Waals surface area contributed by atoms with Crippen molar-refractivity contribution in [1.29, 1.82) is 5.26 Å². The number of nitrogens with one attached hydrogen (secondary N) is 1. The quantitative estimate of drug-likeness (QED) is 0.306. The van der Waals surface area contributed by atoms with E-state index in [0.717, 1.165) is 46.1 Å². The Morgan fingerprint density at radius 3 is 2.63 bits per heavy atom. The number of aryl methyl sites for hydroxylation is 1. The van der Waals surface area contributed by atoms with Crippen LogP contribution in [0, 0.1) is 24.2 Å². The normalized spacial score (nSPS) is 14.0. The number of pyridine rings is 1. The highest BCUT2D eigenvalue weighted by atomic mass is 32.2. The topological polar surface area (TPSA) is 135 Å². The second-order valence-electron chi connectivity index (χ2n) is 9.62. The van der Waals surface area contributed by atoms with Crippen molar-refractivity contribution in [3.63, 3.8) is 0 Å². The van der Waals surface area contributed by atoms with E-state index in [4.69, 9.17) is 4.98 Å². The van der Waals surface area contributed by atoms with Crippen molar-refractivity contribution in [3.05, 3.63) is 58.3 Å². The average Bonchev–Trinajstić information content (AvgIpc) is 3.75. The molecule has 0 bridgehead atoms. The largest absolute Gasteiger partial charge is 0.360 e. The first-order valence-corrected chi connectivity index (χ1v) is 13.7. The van der Waals surface area contributed by atoms with Gasteiger partial charge >= 0.3 is 0 Å². The van der Waals surface area contributed by atoms with Gasteiger partial charge in [-0.05, 0) is 43.6 Å². The second-order valence-corrected chi connectivity index (χ2v) is 11.0. The summed E-state index contributed by atoms with van der Waals surface area (Å²) in [5, 5.41) is 13.2. The van der Waals surface area contributed by atoms with E-state index in [-0.39, 0.29) is 11.7 Å². The Kier molecular flexibility index (Phi) is 7.33. The van der Waals surface area contributed by atoms with Crippen LogP contribution in [0.3, 0.4) is 0 Å². The van der Waals surface area contributed by atoms with Crippen LogP contribution in [0.15, 0.2) is 40.5 Å². The number of fused-ring (bicyclic) bond motifs is 1. The van der Waals surface area contributed by atoms with Gasteiger partial charge in [0.25, 0.3) is 5.56 Å². The Balaban J connectivity index is 1.59. The molecular formula is C27H29N9OS. The van der Waals surface area contributed by atoms with Crippen molar-refractivity contribution in [1.82, 2.24) is 34.5 Å². The fraction of sp³-hybridized carbons (Fsp3) is 0.407. The maximum absolute atomic E-state index is 13.7. The zero-order valence-corrected chi connectivity index (χ0v) is 22.7. The molecule has 4 aromatic rings. The van der Waals surface area contributed by atoms with Crippen LogP contribution in [-0.4, -0.2) is 40.2 Å². The molecule has 0 radical (unpaired) electrons. The molecule has 4 aromatic heterocycles. The number of nitriles is 1. The van der Waals surface area contributed by atoms with Gasteiger partial charge in [0.05, 0.1) is 41.5 Å². The fourth-order valence-corrected chi connectivity index (χ4v) is 5.00. The van der Waals surface area contributed by atoms with Gasteiger partial charge in [0.1, 0.15) is 17.9 Å². The third-order valence-corrected chi connectivity index (χ3v) is 7.34. The van der Waals surface area contributed by atoms with Gasteiger partial charge in [-0.2, -0.15) is 5.26 Å². The number of thioether (sulfide) groups is 1. The number of hydrogen-bond donors (Lipinski definition) is 1. The van der Waals surface area contributed by atoms with E-state index in [1.54, 1.807) is 24.3 Å². The van der Waals surface area contributed by atoms with E-state index in [0.29, 0.717) is 29.5 Å². The molecule has 0 aromatic carbocycles. The molecular weight excluding hydrogens is 498 g/mol. The zero-order chi connectivity index (χ0) is 26.8. The lowest BCUT2D eigenvalue weighted by Gasteiger charge is -2.20. The Labute approximate surface area is 225 Å². The van der Waals surface area contributed by atoms with E-state index in [1.165, 1.54) is 4.57 Å². The summed E-state index contributed by atoms with van der Waals surface area (Å²) in [5.74, 6) is 1.76. The first-order chi connectivity index (χ1) is 18.4. The van der Waals surface area contributed by atoms with Gasteiger partial charge in [-0.3, -0.25) is 14.3 Å². The summed E-state index contributed by atoms with van der Waals surface area (Å²) in [6, 6.07) is 5.48. The van der Waals surface area contributed by atoms with E-state index in [9.17, 15) is 10.1 Å². The number of nitrogens with zero attached hydrogens (tertiary/aromatic N) is 8. The number of aromatic nitrogens is 7. The van der Waals surface area contributed by atoms with E-state index < -0.39 is 11.6 Å². The molecule has 0 spiro atoms. The summed E-state index contributed by atoms with van der Waals surface area (Å²) in [7, 11) is 0. The molecule has 1 saturated carbocycles. The van der Waals surface area contributed by atoms with Gasteiger partial charge in [0.2, 0.25) is 0 Å². The molecule has 1 aliphatic rings. The zero-order valence-electron chi connectivity index (χ0n) is 21.8. The number of anilines is 1. The molecule has 11 heteroatoms. The van der Waals surface area contributed by atoms with Crippen LogP contribution >= 0.6 is 11.8 Å². The Bertz CT molecular complexity index is 1570. The maximum Gasteiger partial charge on any atom is 0.296 e. The van der Waals surface area contributed by atoms with Gasteiger partial charge in [-0.1, -0.05) is 20.8 Å². The van der Waals surface area contributed by atoms with Crippen molar-refractivity contribution in [2.45, 2.75) is 63.9 Å². The SMILES string of the molecule is CCSc1ccc(CNc2nc3cnc(-c4c(C)ncnc4C4CC4)nc3n(C(C#N)C(C)C)c2=O)nc1. The highest BCUT2D eigenvalue weighted by Gasteiger charge is 2.30. The van der Waals surface area contributed by atoms with Crippen molar-refractivity contribution in [2.24, 2.45) is 5.92 Å². The van der Waals surface area contributed by atoms with Crippen molar-refractivity contribution in [2.75, 3.05) is 11.1 Å². The second kappa shape index (κ2) is 10.8. The Hall–Kier alpha value is -3.91. The van der Waals surface area contributed by atoms with Gasteiger partial charge < -0.3 is 5.32 Å².